The molecule has 0 aliphatic rings. The van der Waals surface area contributed by atoms with Gasteiger partial charge in [0.15, 0.2) is 0 Å². The van der Waals surface area contributed by atoms with E-state index in [1.54, 1.807) is 34.6 Å². The maximum Gasteiger partial charge on any atom is 0.417 e. The van der Waals surface area contributed by atoms with Gasteiger partial charge >= 0.3 is 12.2 Å². The number of nitrogens with zero attached hydrogens (tertiary/aromatic N) is 1. The molecular formula is C19H22BrIN2O4. The van der Waals surface area contributed by atoms with E-state index in [1.807, 2.05) is 24.3 Å². The number of halogens is 2. The second-order valence-electron chi connectivity index (χ2n) is 7.70. The Morgan fingerprint density at radius 3 is 2.41 bits per heavy atom. The SMILES string of the molecule is CC(C)(C)OC(=O)NC(=O)OC(C)(C)Cc1cc2cccc(I)c2c(Br)n1. The van der Waals surface area contributed by atoms with Gasteiger partial charge in [-0.05, 0) is 90.7 Å². The highest BCUT2D eigenvalue weighted by Gasteiger charge is 2.27. The summed E-state index contributed by atoms with van der Waals surface area (Å²) in [5.74, 6) is 0. The second-order valence-corrected chi connectivity index (χ2v) is 9.61. The first kappa shape index (κ1) is 21.9. The molecule has 8 heteroatoms. The fraction of sp³-hybridized carbons (Fsp3) is 0.421. The maximum atomic E-state index is 12.0. The molecule has 2 rings (SSSR count). The van der Waals surface area contributed by atoms with Crippen LogP contribution in [-0.4, -0.2) is 28.4 Å². The van der Waals surface area contributed by atoms with Crippen molar-refractivity contribution >= 4 is 61.5 Å². The lowest BCUT2D eigenvalue weighted by Gasteiger charge is -2.25. The third-order valence-corrected chi connectivity index (χ3v) is 4.87. The number of benzene rings is 1. The zero-order chi connectivity index (χ0) is 20.4. The molecule has 0 aliphatic heterocycles. The Hall–Kier alpha value is -1.42. The maximum absolute atomic E-state index is 12.0. The number of carbonyl (C=O) groups is 2. The number of pyridine rings is 1. The number of ether oxygens (including phenoxy) is 2. The lowest BCUT2D eigenvalue weighted by Crippen LogP contribution is -2.41. The van der Waals surface area contributed by atoms with Gasteiger partial charge in [0.05, 0.1) is 0 Å². The normalized spacial score (nSPS) is 12.0. The van der Waals surface area contributed by atoms with Gasteiger partial charge in [-0.15, -0.1) is 0 Å². The predicted octanol–water partition coefficient (Wildman–Crippen LogP) is 5.58. The third kappa shape index (κ3) is 6.60. The second kappa shape index (κ2) is 8.30. The molecule has 1 aromatic carbocycles. The van der Waals surface area contributed by atoms with Gasteiger partial charge in [-0.25, -0.2) is 19.9 Å². The average Bonchev–Trinajstić information content (AvgIpc) is 2.42. The number of imide groups is 1. The Bertz CT molecular complexity index is 878. The molecule has 1 N–H and O–H groups in total. The summed E-state index contributed by atoms with van der Waals surface area (Å²) in [6.07, 6.45) is -1.32. The molecule has 0 aliphatic carbocycles. The number of amides is 2. The van der Waals surface area contributed by atoms with Gasteiger partial charge in [0, 0.05) is 21.1 Å². The van der Waals surface area contributed by atoms with E-state index in [9.17, 15) is 9.59 Å². The summed E-state index contributed by atoms with van der Waals surface area (Å²) in [5, 5.41) is 4.17. The molecule has 0 radical (unpaired) electrons. The summed E-state index contributed by atoms with van der Waals surface area (Å²) in [6.45, 7) is 8.66. The Kier molecular flexibility index (Phi) is 6.72. The molecule has 6 nitrogen and oxygen atoms in total. The Morgan fingerprint density at radius 2 is 1.78 bits per heavy atom. The highest BCUT2D eigenvalue weighted by Crippen LogP contribution is 2.29. The van der Waals surface area contributed by atoms with Gasteiger partial charge in [-0.2, -0.15) is 0 Å². The number of hydrogen-bond donors (Lipinski definition) is 1. The number of aromatic nitrogens is 1. The van der Waals surface area contributed by atoms with E-state index in [0.717, 1.165) is 24.6 Å². The van der Waals surface area contributed by atoms with Crippen molar-refractivity contribution in [2.75, 3.05) is 0 Å². The van der Waals surface area contributed by atoms with E-state index >= 15 is 0 Å². The van der Waals surface area contributed by atoms with E-state index in [2.05, 4.69) is 48.8 Å². The standard InChI is InChI=1S/C19H22BrIN2O4/c1-18(2,3)26-16(24)23-17(25)27-19(4,5)10-12-9-11-7-6-8-13(21)14(11)15(20)22-12/h6-9H,10H2,1-5H3,(H,23,24,25). The van der Waals surface area contributed by atoms with Gasteiger partial charge in [0.2, 0.25) is 0 Å². The molecule has 1 heterocycles. The number of alkyl carbamates (subject to hydrolysis) is 2. The van der Waals surface area contributed by atoms with Gasteiger partial charge in [0.1, 0.15) is 15.8 Å². The fourth-order valence-corrected chi connectivity index (χ4v) is 4.31. The Morgan fingerprint density at radius 1 is 1.15 bits per heavy atom. The summed E-state index contributed by atoms with van der Waals surface area (Å²) in [6, 6.07) is 7.98. The first-order chi connectivity index (χ1) is 12.4. The van der Waals surface area contributed by atoms with E-state index in [-0.39, 0.29) is 0 Å². The quantitative estimate of drug-likeness (QED) is 0.400. The zero-order valence-corrected chi connectivity index (χ0v) is 19.6. The molecule has 1 aromatic heterocycles. The van der Waals surface area contributed by atoms with Crippen LogP contribution in [-0.2, 0) is 15.9 Å². The first-order valence-corrected chi connectivity index (χ1v) is 10.2. The summed E-state index contributed by atoms with van der Waals surface area (Å²) in [7, 11) is 0. The molecule has 0 bridgehead atoms. The smallest absolute Gasteiger partial charge is 0.417 e. The molecule has 27 heavy (non-hydrogen) atoms. The van der Waals surface area contributed by atoms with E-state index in [1.165, 1.54) is 0 Å². The van der Waals surface area contributed by atoms with Crippen LogP contribution in [0.25, 0.3) is 10.8 Å². The third-order valence-electron chi connectivity index (χ3n) is 3.39. The van der Waals surface area contributed by atoms with Crippen molar-refractivity contribution in [2.45, 2.75) is 52.2 Å². The largest absolute Gasteiger partial charge is 0.443 e. The lowest BCUT2D eigenvalue weighted by atomic mass is 10.0. The molecule has 0 saturated carbocycles. The highest BCUT2D eigenvalue weighted by molar-refractivity contribution is 14.1. The van der Waals surface area contributed by atoms with E-state index in [0.29, 0.717) is 6.42 Å². The molecule has 0 spiro atoms. The van der Waals surface area contributed by atoms with Crippen LogP contribution in [0.5, 0.6) is 0 Å². The van der Waals surface area contributed by atoms with Crippen LogP contribution >= 0.6 is 38.5 Å². The van der Waals surface area contributed by atoms with Crippen LogP contribution in [0.1, 0.15) is 40.3 Å². The number of carbonyl (C=O) groups excluding carboxylic acids is 2. The number of fused-ring (bicyclic) bond motifs is 1. The summed E-state index contributed by atoms with van der Waals surface area (Å²) in [5.41, 5.74) is -0.793. The zero-order valence-electron chi connectivity index (χ0n) is 15.9. The van der Waals surface area contributed by atoms with Crippen molar-refractivity contribution in [3.8, 4) is 0 Å². The molecule has 0 saturated heterocycles. The van der Waals surface area contributed by atoms with Gasteiger partial charge < -0.3 is 9.47 Å². The Balaban J connectivity index is 2.08. The number of rotatable bonds is 3. The molecule has 2 aromatic rings. The number of nitrogens with one attached hydrogen (secondary N) is 1. The van der Waals surface area contributed by atoms with Gasteiger partial charge in [0.25, 0.3) is 0 Å². The molecular weight excluding hydrogens is 527 g/mol. The molecule has 0 atom stereocenters. The van der Waals surface area contributed by atoms with E-state index < -0.39 is 23.4 Å². The van der Waals surface area contributed by atoms with Crippen molar-refractivity contribution in [3.63, 3.8) is 0 Å². The fourth-order valence-electron chi connectivity index (χ4n) is 2.50. The van der Waals surface area contributed by atoms with Crippen LogP contribution in [0.3, 0.4) is 0 Å². The predicted molar refractivity (Wildman–Crippen MR) is 116 cm³/mol. The molecule has 146 valence electrons. The number of hydrogen-bond acceptors (Lipinski definition) is 5. The van der Waals surface area contributed by atoms with Gasteiger partial charge in [-0.1, -0.05) is 12.1 Å². The molecule has 0 fully saturated rings. The first-order valence-electron chi connectivity index (χ1n) is 8.33. The van der Waals surface area contributed by atoms with Crippen molar-refractivity contribution in [2.24, 2.45) is 0 Å². The lowest BCUT2D eigenvalue weighted by molar-refractivity contribution is 0.0276. The minimum atomic E-state index is -0.867. The minimum Gasteiger partial charge on any atom is -0.443 e. The van der Waals surface area contributed by atoms with Crippen molar-refractivity contribution in [1.82, 2.24) is 10.3 Å². The summed E-state index contributed by atoms with van der Waals surface area (Å²) < 4.78 is 12.3. The monoisotopic (exact) mass is 548 g/mol. The summed E-state index contributed by atoms with van der Waals surface area (Å²) in [4.78, 5) is 28.3. The molecule has 0 unspecified atom stereocenters. The van der Waals surface area contributed by atoms with Crippen LogP contribution in [0.15, 0.2) is 28.9 Å². The van der Waals surface area contributed by atoms with Gasteiger partial charge in [-0.3, -0.25) is 0 Å². The van der Waals surface area contributed by atoms with E-state index in [4.69, 9.17) is 9.47 Å². The van der Waals surface area contributed by atoms with Crippen LogP contribution in [0.4, 0.5) is 9.59 Å². The Labute approximate surface area is 180 Å². The topological polar surface area (TPSA) is 77.5 Å². The average molecular weight is 549 g/mol. The highest BCUT2D eigenvalue weighted by atomic mass is 127. The molecule has 2 amide bonds. The van der Waals surface area contributed by atoms with Crippen molar-refractivity contribution < 1.29 is 19.1 Å². The minimum absolute atomic E-state index is 0.384. The van der Waals surface area contributed by atoms with Crippen LogP contribution in [0.2, 0.25) is 0 Å². The van der Waals surface area contributed by atoms with Crippen LogP contribution in [0, 0.1) is 3.57 Å². The van der Waals surface area contributed by atoms with Crippen molar-refractivity contribution in [3.05, 3.63) is 38.1 Å². The van der Waals surface area contributed by atoms with Crippen molar-refractivity contribution in [1.29, 1.82) is 0 Å². The summed E-state index contributed by atoms with van der Waals surface area (Å²) >= 11 is 5.79. The van der Waals surface area contributed by atoms with Crippen LogP contribution < -0.4 is 5.32 Å².